The molecule has 2 aromatic rings. The van der Waals surface area contributed by atoms with Crippen LogP contribution in [0.3, 0.4) is 0 Å². The van der Waals surface area contributed by atoms with E-state index in [1.165, 1.54) is 5.39 Å². The van der Waals surface area contributed by atoms with E-state index >= 15 is 0 Å². The Balaban J connectivity index is 1.77. The first-order valence-corrected chi connectivity index (χ1v) is 7.71. The number of piperazine rings is 1. The van der Waals surface area contributed by atoms with Gasteiger partial charge >= 0.3 is 0 Å². The van der Waals surface area contributed by atoms with Crippen LogP contribution in [-0.4, -0.2) is 46.6 Å². The highest BCUT2D eigenvalue weighted by Gasteiger charge is 2.31. The third-order valence-corrected chi connectivity index (χ3v) is 4.76. The van der Waals surface area contributed by atoms with E-state index in [4.69, 9.17) is 0 Å². The number of benzene rings is 1. The number of aromatic nitrogens is 2. The van der Waals surface area contributed by atoms with E-state index in [0.717, 1.165) is 37.5 Å². The van der Waals surface area contributed by atoms with Gasteiger partial charge in [0.2, 0.25) is 0 Å². The molecule has 1 aliphatic heterocycles. The number of aromatic amines is 1. The van der Waals surface area contributed by atoms with Crippen molar-refractivity contribution in [1.29, 1.82) is 0 Å². The van der Waals surface area contributed by atoms with E-state index in [-0.39, 0.29) is 13.7 Å². The van der Waals surface area contributed by atoms with Crippen molar-refractivity contribution in [3.8, 4) is 0 Å². The fourth-order valence-electron chi connectivity index (χ4n) is 2.71. The zero-order valence-corrected chi connectivity index (χ0v) is 12.7. The van der Waals surface area contributed by atoms with Crippen molar-refractivity contribution < 1.29 is 4.57 Å². The average molecular weight is 290 g/mol. The van der Waals surface area contributed by atoms with E-state index in [2.05, 4.69) is 26.1 Å². The molecule has 0 aliphatic carbocycles. The first-order valence-electron chi connectivity index (χ1n) is 6.89. The number of hydrogen-bond acceptors (Lipinski definition) is 4. The maximum atomic E-state index is 11.2. The predicted molar refractivity (Wildman–Crippen MR) is 81.6 cm³/mol. The van der Waals surface area contributed by atoms with E-state index in [9.17, 15) is 4.57 Å². The van der Waals surface area contributed by atoms with Crippen LogP contribution in [0, 0.1) is 0 Å². The second-order valence-corrected chi connectivity index (χ2v) is 6.93. The minimum absolute atomic E-state index is 0.185. The van der Waals surface area contributed by atoms with Gasteiger partial charge in [-0.05, 0) is 26.0 Å². The lowest BCUT2D eigenvalue weighted by Crippen LogP contribution is -2.52. The summed E-state index contributed by atoms with van der Waals surface area (Å²) in [6.45, 7) is 7.66. The lowest BCUT2D eigenvalue weighted by atomic mass is 10.2. The molecule has 6 heteroatoms. The number of hydrogen-bond donors (Lipinski definition) is 1. The van der Waals surface area contributed by atoms with Crippen molar-refractivity contribution in [2.24, 2.45) is 0 Å². The third-order valence-electron chi connectivity index (χ3n) is 4.03. The molecule has 106 valence electrons. The lowest BCUT2D eigenvalue weighted by Gasteiger charge is -2.40. The molecule has 0 bridgehead atoms. The highest BCUT2D eigenvalue weighted by molar-refractivity contribution is 7.25. The predicted octanol–water partition coefficient (Wildman–Crippen LogP) is 2.71. The molecule has 2 heterocycles. The molecule has 1 fully saturated rings. The largest absolute Gasteiger partial charge is 0.352 e. The van der Waals surface area contributed by atoms with Crippen molar-refractivity contribution in [3.05, 3.63) is 24.3 Å². The number of H-pyrrole nitrogens is 1. The number of nitrogens with zero attached hydrogens (tertiary/aromatic N) is 3. The Morgan fingerprint density at radius 3 is 2.60 bits per heavy atom. The highest BCUT2D eigenvalue weighted by atomic mass is 31.1. The van der Waals surface area contributed by atoms with E-state index in [0.29, 0.717) is 0 Å². The van der Waals surface area contributed by atoms with Crippen LogP contribution in [0.15, 0.2) is 24.3 Å². The fourth-order valence-corrected chi connectivity index (χ4v) is 3.03. The minimum Gasteiger partial charge on any atom is -0.352 e. The zero-order chi connectivity index (χ0) is 14.2. The third kappa shape index (κ3) is 2.32. The highest BCUT2D eigenvalue weighted by Crippen LogP contribution is 2.30. The van der Waals surface area contributed by atoms with Crippen molar-refractivity contribution in [1.82, 2.24) is 15.1 Å². The minimum atomic E-state index is -0.278. The molecule has 1 N–H and O–H groups in total. The topological polar surface area (TPSA) is 52.2 Å². The number of para-hydroxylation sites is 1. The van der Waals surface area contributed by atoms with Crippen LogP contribution in [0.1, 0.15) is 13.8 Å². The van der Waals surface area contributed by atoms with Gasteiger partial charge in [-0.25, -0.2) is 0 Å². The van der Waals surface area contributed by atoms with Crippen LogP contribution in [-0.2, 0) is 4.57 Å². The van der Waals surface area contributed by atoms with Gasteiger partial charge < -0.3 is 4.90 Å². The maximum Gasteiger partial charge on any atom is 0.177 e. The summed E-state index contributed by atoms with van der Waals surface area (Å²) in [6.07, 6.45) is 0. The standard InChI is InChI=1S/C14H19N4OP/c1-14(2,20-19)18-9-7-17(8-10-18)13-11-5-3-4-6-12(11)15-16-13/h3-6H,7-10H2,1-2H3,(H,15,16). The van der Waals surface area contributed by atoms with Gasteiger partial charge in [0.05, 0.1) is 10.8 Å². The lowest BCUT2D eigenvalue weighted by molar-refractivity contribution is 0.179. The first kappa shape index (κ1) is 13.5. The molecule has 0 unspecified atom stereocenters. The van der Waals surface area contributed by atoms with Gasteiger partial charge in [0.1, 0.15) is 0 Å². The normalized spacial score (nSPS) is 18.0. The Hall–Kier alpha value is -1.45. The summed E-state index contributed by atoms with van der Waals surface area (Å²) in [7, 11) is 0.185. The van der Waals surface area contributed by atoms with Crippen LogP contribution >= 0.6 is 8.46 Å². The summed E-state index contributed by atoms with van der Waals surface area (Å²) >= 11 is 0. The molecule has 1 aromatic heterocycles. The molecule has 20 heavy (non-hydrogen) atoms. The first-order chi connectivity index (χ1) is 9.62. The van der Waals surface area contributed by atoms with Crippen LogP contribution in [0.25, 0.3) is 10.9 Å². The van der Waals surface area contributed by atoms with E-state index in [1.807, 2.05) is 32.0 Å². The summed E-state index contributed by atoms with van der Waals surface area (Å²) in [5, 5.41) is 8.42. The Labute approximate surface area is 120 Å². The average Bonchev–Trinajstić information content (AvgIpc) is 2.91. The van der Waals surface area contributed by atoms with E-state index < -0.39 is 0 Å². The zero-order valence-electron chi connectivity index (χ0n) is 11.8. The molecule has 0 radical (unpaired) electrons. The molecule has 1 aliphatic rings. The number of nitrogens with one attached hydrogen (secondary N) is 1. The number of anilines is 1. The second kappa shape index (κ2) is 5.15. The molecule has 0 atom stereocenters. The molecule has 0 amide bonds. The summed E-state index contributed by atoms with van der Waals surface area (Å²) in [4.78, 5) is 4.57. The second-order valence-electron chi connectivity index (χ2n) is 5.65. The number of fused-ring (bicyclic) bond motifs is 1. The summed E-state index contributed by atoms with van der Waals surface area (Å²) < 4.78 is 11.2. The summed E-state index contributed by atoms with van der Waals surface area (Å²) in [6, 6.07) is 8.19. The van der Waals surface area contributed by atoms with Crippen molar-refractivity contribution in [2.75, 3.05) is 31.1 Å². The van der Waals surface area contributed by atoms with Crippen LogP contribution in [0.5, 0.6) is 0 Å². The van der Waals surface area contributed by atoms with Gasteiger partial charge in [-0.2, -0.15) is 5.10 Å². The molecule has 1 aromatic carbocycles. The summed E-state index contributed by atoms with van der Waals surface area (Å²) in [5.74, 6) is 1.03. The van der Waals surface area contributed by atoms with Gasteiger partial charge in [-0.15, -0.1) is 0 Å². The van der Waals surface area contributed by atoms with Gasteiger partial charge in [0, 0.05) is 31.6 Å². The van der Waals surface area contributed by atoms with Crippen LogP contribution < -0.4 is 4.90 Å². The molecule has 0 spiro atoms. The Morgan fingerprint density at radius 2 is 1.90 bits per heavy atom. The monoisotopic (exact) mass is 290 g/mol. The fraction of sp³-hybridized carbons (Fsp3) is 0.500. The molecule has 3 rings (SSSR count). The maximum absolute atomic E-state index is 11.2. The van der Waals surface area contributed by atoms with Gasteiger partial charge in [-0.3, -0.25) is 14.6 Å². The van der Waals surface area contributed by atoms with Gasteiger partial charge in [0.25, 0.3) is 0 Å². The van der Waals surface area contributed by atoms with Crippen molar-refractivity contribution in [2.45, 2.75) is 19.1 Å². The Kier molecular flexibility index (Phi) is 3.48. The van der Waals surface area contributed by atoms with Crippen LogP contribution in [0.2, 0.25) is 0 Å². The summed E-state index contributed by atoms with van der Waals surface area (Å²) in [5.41, 5.74) is 1.07. The van der Waals surface area contributed by atoms with Gasteiger partial charge in [0.15, 0.2) is 14.3 Å². The van der Waals surface area contributed by atoms with Crippen molar-refractivity contribution >= 4 is 25.2 Å². The molecular formula is C14H19N4OP. The quantitative estimate of drug-likeness (QED) is 0.883. The molecule has 1 saturated heterocycles. The van der Waals surface area contributed by atoms with E-state index in [1.54, 1.807) is 0 Å². The van der Waals surface area contributed by atoms with Crippen molar-refractivity contribution in [3.63, 3.8) is 0 Å². The molecular weight excluding hydrogens is 271 g/mol. The smallest absolute Gasteiger partial charge is 0.177 e. The van der Waals surface area contributed by atoms with Gasteiger partial charge in [-0.1, -0.05) is 12.1 Å². The Morgan fingerprint density at radius 1 is 1.20 bits per heavy atom. The Bertz CT molecular complexity index is 616. The SMILES string of the molecule is CC(C)(P=O)N1CCN(c2n[nH]c3ccccc23)CC1. The molecule has 5 nitrogen and oxygen atoms in total. The number of rotatable bonds is 3. The molecule has 0 saturated carbocycles. The van der Waals surface area contributed by atoms with Crippen LogP contribution in [0.4, 0.5) is 5.82 Å².